The van der Waals surface area contributed by atoms with Crippen molar-refractivity contribution >= 4 is 12.1 Å². The van der Waals surface area contributed by atoms with Gasteiger partial charge in [-0.15, -0.1) is 0 Å². The molecule has 2 aromatic rings. The van der Waals surface area contributed by atoms with Crippen LogP contribution in [0.25, 0.3) is 11.1 Å². The molecule has 1 saturated heterocycles. The summed E-state index contributed by atoms with van der Waals surface area (Å²) in [5.74, 6) is -1.58. The fourth-order valence-electron chi connectivity index (χ4n) is 4.73. The molecule has 5 nitrogen and oxygen atoms in total. The third kappa shape index (κ3) is 4.24. The maximum absolute atomic E-state index is 13.0. The number of fused-ring (bicyclic) bond motifs is 3. The van der Waals surface area contributed by atoms with E-state index in [2.05, 4.69) is 0 Å². The molecule has 0 aromatic heterocycles. The van der Waals surface area contributed by atoms with E-state index in [-0.39, 0.29) is 25.4 Å². The molecule has 2 aromatic carbocycles. The van der Waals surface area contributed by atoms with Crippen molar-refractivity contribution in [2.24, 2.45) is 0 Å². The average molecular weight is 433 g/mol. The van der Waals surface area contributed by atoms with Gasteiger partial charge >= 0.3 is 18.2 Å². The summed E-state index contributed by atoms with van der Waals surface area (Å²) in [5.41, 5.74) is 3.99. The van der Waals surface area contributed by atoms with E-state index in [1.807, 2.05) is 48.5 Å². The number of carboxylic acid groups (broad SMARTS) is 1. The Hall–Kier alpha value is -3.03. The second-order valence-corrected chi connectivity index (χ2v) is 7.97. The van der Waals surface area contributed by atoms with E-state index in [0.717, 1.165) is 27.2 Å². The minimum atomic E-state index is -4.51. The fourth-order valence-corrected chi connectivity index (χ4v) is 4.73. The third-order valence-corrected chi connectivity index (χ3v) is 6.04. The zero-order valence-corrected chi connectivity index (χ0v) is 16.6. The number of piperidine rings is 1. The number of hydrogen-bond acceptors (Lipinski definition) is 3. The molecule has 1 aliphatic carbocycles. The first kappa shape index (κ1) is 21.2. The van der Waals surface area contributed by atoms with Gasteiger partial charge in [-0.2, -0.15) is 13.2 Å². The van der Waals surface area contributed by atoms with Gasteiger partial charge in [0.15, 0.2) is 0 Å². The number of nitrogens with zero attached hydrogens (tertiary/aromatic N) is 1. The highest BCUT2D eigenvalue weighted by Gasteiger charge is 2.44. The number of benzene rings is 2. The number of aliphatic carboxylic acids is 1. The van der Waals surface area contributed by atoms with Gasteiger partial charge in [-0.1, -0.05) is 48.5 Å². The molecule has 1 aliphatic heterocycles. The molecule has 2 unspecified atom stereocenters. The lowest BCUT2D eigenvalue weighted by Crippen LogP contribution is -2.54. The topological polar surface area (TPSA) is 66.8 Å². The fraction of sp³-hybridized carbons (Fsp3) is 0.391. The molecule has 1 fully saturated rings. The smallest absolute Gasteiger partial charge is 0.410 e. The van der Waals surface area contributed by atoms with Crippen LogP contribution in [0.3, 0.4) is 0 Å². The van der Waals surface area contributed by atoms with Crippen LogP contribution in [0.5, 0.6) is 0 Å². The molecule has 164 valence electrons. The average Bonchev–Trinajstić information content (AvgIpc) is 3.04. The Morgan fingerprint density at radius 2 is 1.58 bits per heavy atom. The van der Waals surface area contributed by atoms with Crippen LogP contribution in [0, 0.1) is 0 Å². The first-order valence-corrected chi connectivity index (χ1v) is 10.2. The molecule has 2 aliphatic rings. The van der Waals surface area contributed by atoms with Crippen molar-refractivity contribution in [3.63, 3.8) is 0 Å². The molecule has 8 heteroatoms. The van der Waals surface area contributed by atoms with Gasteiger partial charge in [0.05, 0.1) is 6.42 Å². The lowest BCUT2D eigenvalue weighted by molar-refractivity contribution is -0.159. The van der Waals surface area contributed by atoms with E-state index < -0.39 is 36.7 Å². The minimum absolute atomic E-state index is 0.0750. The monoisotopic (exact) mass is 433 g/mol. The second-order valence-electron chi connectivity index (χ2n) is 7.97. The normalized spacial score (nSPS) is 20.8. The number of halogens is 3. The largest absolute Gasteiger partial charge is 0.480 e. The van der Waals surface area contributed by atoms with Crippen LogP contribution in [0.2, 0.25) is 0 Å². The minimum Gasteiger partial charge on any atom is -0.480 e. The number of carboxylic acids is 1. The lowest BCUT2D eigenvalue weighted by atomic mass is 9.94. The highest BCUT2D eigenvalue weighted by molar-refractivity contribution is 5.81. The first-order chi connectivity index (χ1) is 14.8. The maximum atomic E-state index is 13.0. The van der Waals surface area contributed by atoms with Gasteiger partial charge in [0.2, 0.25) is 0 Å². The molecule has 31 heavy (non-hydrogen) atoms. The summed E-state index contributed by atoms with van der Waals surface area (Å²) in [6.45, 7) is -0.0750. The van der Waals surface area contributed by atoms with Crippen LogP contribution in [-0.4, -0.2) is 46.9 Å². The summed E-state index contributed by atoms with van der Waals surface area (Å²) in [4.78, 5) is 25.3. The number of ether oxygens (including phenoxy) is 1. The van der Waals surface area contributed by atoms with Crippen molar-refractivity contribution < 1.29 is 32.6 Å². The summed E-state index contributed by atoms with van der Waals surface area (Å²) >= 11 is 0. The Balaban J connectivity index is 1.56. The predicted octanol–water partition coefficient (Wildman–Crippen LogP) is 5.20. The van der Waals surface area contributed by atoms with E-state index in [9.17, 15) is 27.9 Å². The molecule has 0 saturated carbocycles. The quantitative estimate of drug-likeness (QED) is 0.720. The van der Waals surface area contributed by atoms with E-state index in [0.29, 0.717) is 6.42 Å². The number of likely N-dealkylation sites (tertiary alicyclic amines) is 1. The Morgan fingerprint density at radius 1 is 1.00 bits per heavy atom. The molecule has 0 spiro atoms. The molecule has 2 atom stereocenters. The van der Waals surface area contributed by atoms with Crippen molar-refractivity contribution in [1.29, 1.82) is 0 Å². The number of rotatable bonds is 4. The van der Waals surface area contributed by atoms with E-state index in [4.69, 9.17) is 4.74 Å². The molecule has 1 heterocycles. The molecule has 1 amide bonds. The predicted molar refractivity (Wildman–Crippen MR) is 107 cm³/mol. The van der Waals surface area contributed by atoms with Crippen molar-refractivity contribution in [3.8, 4) is 11.1 Å². The maximum Gasteiger partial charge on any atom is 0.410 e. The summed E-state index contributed by atoms with van der Waals surface area (Å²) in [7, 11) is 0. The third-order valence-electron chi connectivity index (χ3n) is 6.04. The highest BCUT2D eigenvalue weighted by Crippen LogP contribution is 2.44. The molecule has 4 rings (SSSR count). The second kappa shape index (κ2) is 8.24. The molecule has 0 bridgehead atoms. The van der Waals surface area contributed by atoms with Crippen molar-refractivity contribution in [1.82, 2.24) is 4.90 Å². The zero-order valence-electron chi connectivity index (χ0n) is 16.6. The van der Waals surface area contributed by atoms with Crippen molar-refractivity contribution in [3.05, 3.63) is 59.7 Å². The standard InChI is InChI=1S/C23H22F3NO4/c24-23(25,26)12-14-6-5-11-20(21(28)29)27(14)22(30)31-13-19-17-9-3-1-7-15(17)16-8-2-4-10-18(16)19/h1-4,7-10,14,19-20H,5-6,11-13H2,(H,28,29). The molecule has 0 radical (unpaired) electrons. The van der Waals surface area contributed by atoms with Crippen LogP contribution >= 0.6 is 0 Å². The van der Waals surface area contributed by atoms with Crippen LogP contribution in [0.1, 0.15) is 42.7 Å². The molecule has 1 N–H and O–H groups in total. The van der Waals surface area contributed by atoms with E-state index >= 15 is 0 Å². The summed E-state index contributed by atoms with van der Waals surface area (Å²) in [6, 6.07) is 12.8. The van der Waals surface area contributed by atoms with Crippen LogP contribution in [-0.2, 0) is 9.53 Å². The number of carbonyl (C=O) groups excluding carboxylic acids is 1. The number of hydrogen-bond donors (Lipinski definition) is 1. The van der Waals surface area contributed by atoms with Crippen LogP contribution in [0.15, 0.2) is 48.5 Å². The summed E-state index contributed by atoms with van der Waals surface area (Å²) < 4.78 is 44.6. The Kier molecular flexibility index (Phi) is 5.64. The summed E-state index contributed by atoms with van der Waals surface area (Å²) in [5, 5.41) is 9.48. The Labute approximate surface area is 177 Å². The SMILES string of the molecule is O=C(O)C1CCCC(CC(F)(F)F)N1C(=O)OCC1c2ccccc2-c2ccccc21. The van der Waals surface area contributed by atoms with Crippen molar-refractivity contribution in [2.45, 2.75) is 49.9 Å². The van der Waals surface area contributed by atoms with Gasteiger partial charge in [0.1, 0.15) is 12.6 Å². The van der Waals surface area contributed by atoms with Gasteiger partial charge in [0, 0.05) is 12.0 Å². The number of alkyl halides is 3. The lowest BCUT2D eigenvalue weighted by Gasteiger charge is -2.39. The number of amides is 1. The van der Waals surface area contributed by atoms with Gasteiger partial charge in [-0.25, -0.2) is 9.59 Å². The van der Waals surface area contributed by atoms with Crippen LogP contribution in [0.4, 0.5) is 18.0 Å². The molecular formula is C23H22F3NO4. The van der Waals surface area contributed by atoms with Gasteiger partial charge < -0.3 is 9.84 Å². The van der Waals surface area contributed by atoms with Gasteiger partial charge in [-0.3, -0.25) is 4.90 Å². The number of carbonyl (C=O) groups is 2. The van der Waals surface area contributed by atoms with E-state index in [1.54, 1.807) is 0 Å². The van der Waals surface area contributed by atoms with Gasteiger partial charge in [-0.05, 0) is 41.5 Å². The molecular weight excluding hydrogens is 411 g/mol. The van der Waals surface area contributed by atoms with Crippen LogP contribution < -0.4 is 0 Å². The Morgan fingerprint density at radius 3 is 2.13 bits per heavy atom. The Bertz CT molecular complexity index is 945. The van der Waals surface area contributed by atoms with Gasteiger partial charge in [0.25, 0.3) is 0 Å². The first-order valence-electron chi connectivity index (χ1n) is 10.2. The highest BCUT2D eigenvalue weighted by atomic mass is 19.4. The van der Waals surface area contributed by atoms with Crippen molar-refractivity contribution in [2.75, 3.05) is 6.61 Å². The van der Waals surface area contributed by atoms with E-state index in [1.165, 1.54) is 0 Å². The zero-order chi connectivity index (χ0) is 22.2. The summed E-state index contributed by atoms with van der Waals surface area (Å²) in [6.07, 6.45) is -6.26.